The van der Waals surface area contributed by atoms with E-state index in [4.69, 9.17) is 15.2 Å². The third-order valence-electron chi connectivity index (χ3n) is 6.68. The number of fused-ring (bicyclic) bond motifs is 2. The second-order valence-corrected chi connectivity index (χ2v) is 9.99. The number of carbonyl (C=O) groups excluding carboxylic acids is 1. The summed E-state index contributed by atoms with van der Waals surface area (Å²) in [5, 5.41) is 3.56. The lowest BCUT2D eigenvalue weighted by molar-refractivity contribution is 0.0586. The highest BCUT2D eigenvalue weighted by Gasteiger charge is 2.23. The van der Waals surface area contributed by atoms with Crippen LogP contribution in [0.2, 0.25) is 0 Å². The summed E-state index contributed by atoms with van der Waals surface area (Å²) in [4.78, 5) is 20.3. The summed E-state index contributed by atoms with van der Waals surface area (Å²) in [5.74, 6) is 1.42. The monoisotopic (exact) mass is 508 g/mol. The van der Waals surface area contributed by atoms with Crippen LogP contribution in [-0.4, -0.2) is 69.1 Å². The molecule has 36 heavy (non-hydrogen) atoms. The van der Waals surface area contributed by atoms with Gasteiger partial charge in [-0.05, 0) is 61.2 Å². The van der Waals surface area contributed by atoms with Gasteiger partial charge >= 0.3 is 6.09 Å². The summed E-state index contributed by atoms with van der Waals surface area (Å²) in [6.45, 7) is 5.86. The van der Waals surface area contributed by atoms with Gasteiger partial charge in [-0.1, -0.05) is 18.2 Å². The number of amides is 1. The van der Waals surface area contributed by atoms with E-state index in [1.165, 1.54) is 15.8 Å². The van der Waals surface area contributed by atoms with E-state index >= 15 is 0 Å². The number of nitrogens with two attached hydrogens (primary N) is 1. The maximum atomic E-state index is 10.7. The Hall–Kier alpha value is -3.30. The number of carbonyl (C=O) groups is 1. The van der Waals surface area contributed by atoms with Crippen LogP contribution in [0.3, 0.4) is 0 Å². The number of piperazine rings is 1. The molecule has 8 nitrogen and oxygen atoms in total. The Kier molecular flexibility index (Phi) is 7.88. The smallest absolute Gasteiger partial charge is 0.407 e. The molecule has 2 unspecified atom stereocenters. The second kappa shape index (κ2) is 11.6. The number of allylic oxidation sites excluding steroid dienone is 1. The maximum absolute atomic E-state index is 10.7. The molecule has 2 aliphatic heterocycles. The van der Waals surface area contributed by atoms with Crippen molar-refractivity contribution in [3.8, 4) is 0 Å². The quantitative estimate of drug-likeness (QED) is 0.401. The van der Waals surface area contributed by atoms with E-state index in [0.29, 0.717) is 12.5 Å². The van der Waals surface area contributed by atoms with Gasteiger partial charge in [-0.2, -0.15) is 0 Å². The number of ether oxygens (including phenoxy) is 3. The molecule has 1 saturated heterocycles. The molecule has 2 aromatic rings. The normalized spacial score (nSPS) is 21.6. The molecule has 1 aliphatic carbocycles. The number of hydrogen-bond donors (Lipinski definition) is 1. The van der Waals surface area contributed by atoms with Crippen LogP contribution in [0.15, 0.2) is 70.8 Å². The van der Waals surface area contributed by atoms with Crippen molar-refractivity contribution < 1.29 is 19.0 Å². The van der Waals surface area contributed by atoms with E-state index in [1.54, 1.807) is 6.08 Å². The molecule has 3 aliphatic rings. The second-order valence-electron chi connectivity index (χ2n) is 9.04. The molecule has 2 atom stereocenters. The lowest BCUT2D eigenvalue weighted by atomic mass is 9.93. The van der Waals surface area contributed by atoms with Crippen LogP contribution in [0, 0.1) is 5.92 Å². The predicted molar refractivity (Wildman–Crippen MR) is 143 cm³/mol. The van der Waals surface area contributed by atoms with Gasteiger partial charge in [0.25, 0.3) is 0 Å². The van der Waals surface area contributed by atoms with E-state index in [2.05, 4.69) is 55.3 Å². The third kappa shape index (κ3) is 6.09. The molecule has 2 N–H and O–H groups in total. The zero-order chi connectivity index (χ0) is 24.7. The molecular formula is C27H32N4O4S. The average molecular weight is 509 g/mol. The summed E-state index contributed by atoms with van der Waals surface area (Å²) in [6.07, 6.45) is 11.2. The van der Waals surface area contributed by atoms with Gasteiger partial charge in [0.15, 0.2) is 0 Å². The zero-order valence-electron chi connectivity index (χ0n) is 20.3. The number of rotatable bonds is 9. The van der Waals surface area contributed by atoms with Crippen molar-refractivity contribution in [2.45, 2.75) is 18.9 Å². The van der Waals surface area contributed by atoms with Gasteiger partial charge in [-0.25, -0.2) is 9.79 Å². The van der Waals surface area contributed by atoms with Crippen molar-refractivity contribution in [2.24, 2.45) is 16.6 Å². The first-order valence-corrected chi connectivity index (χ1v) is 13.3. The SMILES string of the molecule is NC(=O)OCOC1=NC2C=C(OCCCCN3CCN(c4cccc5sccc45)CC3)C=CC2C=C1. The Balaban J connectivity index is 1.00. The average Bonchev–Trinajstić information content (AvgIpc) is 3.38. The summed E-state index contributed by atoms with van der Waals surface area (Å²) in [6, 6.07) is 8.78. The molecule has 1 fully saturated rings. The van der Waals surface area contributed by atoms with E-state index in [0.717, 1.165) is 51.3 Å². The Morgan fingerprint density at radius 3 is 2.81 bits per heavy atom. The molecule has 0 radical (unpaired) electrons. The molecule has 9 heteroatoms. The maximum Gasteiger partial charge on any atom is 0.407 e. The van der Waals surface area contributed by atoms with E-state index in [1.807, 2.05) is 29.6 Å². The number of hydrogen-bond acceptors (Lipinski definition) is 8. The van der Waals surface area contributed by atoms with Crippen LogP contribution >= 0.6 is 11.3 Å². The summed E-state index contributed by atoms with van der Waals surface area (Å²) >= 11 is 1.81. The number of unbranched alkanes of at least 4 members (excludes halogenated alkanes) is 1. The molecule has 1 aromatic carbocycles. The molecule has 1 amide bonds. The van der Waals surface area contributed by atoms with Crippen LogP contribution in [-0.2, 0) is 14.2 Å². The fraction of sp³-hybridized carbons (Fsp3) is 0.407. The predicted octanol–water partition coefficient (Wildman–Crippen LogP) is 4.30. The minimum Gasteiger partial charge on any atom is -0.494 e. The van der Waals surface area contributed by atoms with Crippen LogP contribution in [0.25, 0.3) is 10.1 Å². The third-order valence-corrected chi connectivity index (χ3v) is 7.56. The fourth-order valence-corrected chi connectivity index (χ4v) is 5.57. The van der Waals surface area contributed by atoms with Gasteiger partial charge in [0.1, 0.15) is 5.76 Å². The van der Waals surface area contributed by atoms with Crippen molar-refractivity contribution in [3.63, 3.8) is 0 Å². The van der Waals surface area contributed by atoms with Gasteiger partial charge in [-0.3, -0.25) is 4.90 Å². The van der Waals surface area contributed by atoms with Crippen LogP contribution in [0.1, 0.15) is 12.8 Å². The molecule has 3 heterocycles. The Morgan fingerprint density at radius 1 is 1.08 bits per heavy atom. The molecule has 5 rings (SSSR count). The zero-order valence-corrected chi connectivity index (χ0v) is 21.1. The van der Waals surface area contributed by atoms with E-state index < -0.39 is 6.09 Å². The first-order valence-electron chi connectivity index (χ1n) is 12.4. The largest absolute Gasteiger partial charge is 0.494 e. The van der Waals surface area contributed by atoms with Crippen LogP contribution in [0.5, 0.6) is 0 Å². The minimum absolute atomic E-state index is 0.0881. The summed E-state index contributed by atoms with van der Waals surface area (Å²) < 4.78 is 17.3. The molecular weight excluding hydrogens is 476 g/mol. The molecule has 0 spiro atoms. The summed E-state index contributed by atoms with van der Waals surface area (Å²) in [7, 11) is 0. The van der Waals surface area contributed by atoms with Crippen LogP contribution < -0.4 is 10.6 Å². The lowest BCUT2D eigenvalue weighted by Crippen LogP contribution is -2.46. The fourth-order valence-electron chi connectivity index (χ4n) is 4.76. The van der Waals surface area contributed by atoms with E-state index in [9.17, 15) is 4.79 Å². The number of benzene rings is 1. The number of anilines is 1. The van der Waals surface area contributed by atoms with Gasteiger partial charge in [0, 0.05) is 47.9 Å². The van der Waals surface area contributed by atoms with Gasteiger partial charge in [-0.15, -0.1) is 11.3 Å². The standard InChI is InChI=1S/C27H32N4O4S/c28-27(32)35-19-34-26-9-7-20-6-8-21(18-23(20)29-26)33-16-2-1-11-30-12-14-31(15-13-30)24-4-3-5-25-22(24)10-17-36-25/h3-10,17-18,20,23H,1-2,11-16,19H2,(H2,28,32). The highest BCUT2D eigenvalue weighted by Crippen LogP contribution is 2.31. The number of primary amides is 1. The topological polar surface area (TPSA) is 89.6 Å². The highest BCUT2D eigenvalue weighted by atomic mass is 32.1. The van der Waals surface area contributed by atoms with Gasteiger partial charge in [0.05, 0.1) is 12.6 Å². The van der Waals surface area contributed by atoms with Gasteiger partial charge < -0.3 is 24.8 Å². The number of dihydropyridines is 1. The Bertz CT molecular complexity index is 1180. The van der Waals surface area contributed by atoms with Crippen molar-refractivity contribution in [1.82, 2.24) is 4.90 Å². The lowest BCUT2D eigenvalue weighted by Gasteiger charge is -2.36. The van der Waals surface area contributed by atoms with Crippen molar-refractivity contribution >= 4 is 39.1 Å². The number of thiophene rings is 1. The minimum atomic E-state index is -0.876. The van der Waals surface area contributed by atoms with Crippen molar-refractivity contribution in [2.75, 3.05) is 51.0 Å². The van der Waals surface area contributed by atoms with E-state index in [-0.39, 0.29) is 18.8 Å². The van der Waals surface area contributed by atoms with Crippen LogP contribution in [0.4, 0.5) is 10.5 Å². The molecule has 0 bridgehead atoms. The van der Waals surface area contributed by atoms with Crippen molar-refractivity contribution in [3.05, 3.63) is 65.8 Å². The Morgan fingerprint density at radius 2 is 1.94 bits per heavy atom. The highest BCUT2D eigenvalue weighted by molar-refractivity contribution is 7.17. The first-order chi connectivity index (χ1) is 17.7. The molecule has 1 aromatic heterocycles. The molecule has 0 saturated carbocycles. The Labute approximate surface area is 215 Å². The summed E-state index contributed by atoms with van der Waals surface area (Å²) in [5.41, 5.74) is 6.31. The number of aliphatic imine (C=N–C) groups is 1. The first kappa shape index (κ1) is 24.4. The molecule has 190 valence electrons. The number of nitrogens with zero attached hydrogens (tertiary/aromatic N) is 3. The van der Waals surface area contributed by atoms with Crippen molar-refractivity contribution in [1.29, 1.82) is 0 Å². The van der Waals surface area contributed by atoms with Gasteiger partial charge in [0.2, 0.25) is 12.7 Å².